The van der Waals surface area contributed by atoms with Gasteiger partial charge in [0.05, 0.1) is 11.4 Å². The first-order valence-corrected chi connectivity index (χ1v) is 8.89. The molecule has 6 heteroatoms. The molecule has 3 rings (SSSR count). The normalized spacial score (nSPS) is 10.6. The molecule has 3 aromatic rings. The third-order valence-corrected chi connectivity index (χ3v) is 4.45. The van der Waals surface area contributed by atoms with Crippen molar-refractivity contribution in [2.45, 2.75) is 19.8 Å². The number of carbonyl (C=O) groups excluding carboxylic acids is 1. The number of thiophene rings is 2. The Morgan fingerprint density at radius 3 is 2.14 bits per heavy atom. The zero-order valence-corrected chi connectivity index (χ0v) is 13.7. The van der Waals surface area contributed by atoms with E-state index in [4.69, 9.17) is 0 Å². The summed E-state index contributed by atoms with van der Waals surface area (Å²) < 4.78 is 0. The van der Waals surface area contributed by atoms with Crippen LogP contribution in [0.15, 0.2) is 39.7 Å². The van der Waals surface area contributed by atoms with Crippen molar-refractivity contribution in [3.63, 3.8) is 0 Å². The Bertz CT molecular complexity index is 699. The van der Waals surface area contributed by atoms with E-state index in [1.54, 1.807) is 22.7 Å². The summed E-state index contributed by atoms with van der Waals surface area (Å²) in [6, 6.07) is 5.99. The molecule has 1 amide bonds. The van der Waals surface area contributed by atoms with E-state index in [1.807, 2.05) is 46.6 Å². The maximum Gasteiger partial charge on any atom is 0.230 e. The van der Waals surface area contributed by atoms with E-state index in [9.17, 15) is 4.79 Å². The number of rotatable bonds is 5. The summed E-state index contributed by atoms with van der Waals surface area (Å²) >= 11 is 3.24. The van der Waals surface area contributed by atoms with Crippen molar-refractivity contribution < 1.29 is 4.79 Å². The van der Waals surface area contributed by atoms with Gasteiger partial charge in [0.25, 0.3) is 0 Å². The van der Waals surface area contributed by atoms with Crippen LogP contribution < -0.4 is 5.32 Å². The van der Waals surface area contributed by atoms with E-state index >= 15 is 0 Å². The largest absolute Gasteiger partial charge is 0.294 e. The fraction of sp³-hybridized carbons (Fsp3) is 0.188. The van der Waals surface area contributed by atoms with Gasteiger partial charge in [0.2, 0.25) is 11.9 Å². The number of nitrogens with zero attached hydrogens (tertiary/aromatic N) is 2. The SMILES string of the molecule is CCCC(=O)Nc1nc(-c2ccsc2)cc(-c2ccsc2)n1. The number of amides is 1. The molecule has 0 saturated heterocycles. The van der Waals surface area contributed by atoms with Gasteiger partial charge in [-0.15, -0.1) is 0 Å². The van der Waals surface area contributed by atoms with E-state index in [-0.39, 0.29) is 5.91 Å². The van der Waals surface area contributed by atoms with E-state index < -0.39 is 0 Å². The van der Waals surface area contributed by atoms with Crippen molar-refractivity contribution >= 4 is 34.5 Å². The monoisotopic (exact) mass is 329 g/mol. The van der Waals surface area contributed by atoms with E-state index in [1.165, 1.54) is 0 Å². The van der Waals surface area contributed by atoms with Crippen molar-refractivity contribution in [2.75, 3.05) is 5.32 Å². The molecule has 0 aliphatic rings. The smallest absolute Gasteiger partial charge is 0.230 e. The van der Waals surface area contributed by atoms with E-state index in [0.717, 1.165) is 28.9 Å². The van der Waals surface area contributed by atoms with Crippen molar-refractivity contribution in [3.05, 3.63) is 39.7 Å². The van der Waals surface area contributed by atoms with E-state index in [0.29, 0.717) is 12.4 Å². The van der Waals surface area contributed by atoms with Crippen molar-refractivity contribution in [2.24, 2.45) is 0 Å². The lowest BCUT2D eigenvalue weighted by Crippen LogP contribution is -2.13. The van der Waals surface area contributed by atoms with Gasteiger partial charge in [0.1, 0.15) is 0 Å². The summed E-state index contributed by atoms with van der Waals surface area (Å²) in [5.41, 5.74) is 3.72. The number of carbonyl (C=O) groups is 1. The molecule has 0 aliphatic heterocycles. The fourth-order valence-electron chi connectivity index (χ4n) is 2.03. The Balaban J connectivity index is 2.00. The van der Waals surface area contributed by atoms with Gasteiger partial charge in [-0.05, 0) is 35.4 Å². The Morgan fingerprint density at radius 1 is 1.09 bits per heavy atom. The van der Waals surface area contributed by atoms with Crippen LogP contribution in [0.5, 0.6) is 0 Å². The first kappa shape index (κ1) is 14.9. The molecule has 22 heavy (non-hydrogen) atoms. The van der Waals surface area contributed by atoms with Crippen LogP contribution in [0.25, 0.3) is 22.5 Å². The van der Waals surface area contributed by atoms with Gasteiger partial charge in [0.15, 0.2) is 0 Å². The van der Waals surface area contributed by atoms with Crippen LogP contribution in [0.4, 0.5) is 5.95 Å². The molecule has 0 atom stereocenters. The molecule has 0 radical (unpaired) electrons. The first-order valence-electron chi connectivity index (χ1n) is 7.00. The number of nitrogens with one attached hydrogen (secondary N) is 1. The molecule has 0 saturated carbocycles. The zero-order chi connectivity index (χ0) is 15.4. The molecule has 0 bridgehead atoms. The molecule has 3 aromatic heterocycles. The molecular weight excluding hydrogens is 314 g/mol. The summed E-state index contributed by atoms with van der Waals surface area (Å²) in [5.74, 6) is 0.310. The number of aromatic nitrogens is 2. The Hall–Kier alpha value is -2.05. The van der Waals surface area contributed by atoms with Gasteiger partial charge in [0, 0.05) is 28.3 Å². The van der Waals surface area contributed by atoms with Crippen molar-refractivity contribution in [1.29, 1.82) is 0 Å². The molecule has 112 valence electrons. The molecule has 0 aliphatic carbocycles. The quantitative estimate of drug-likeness (QED) is 0.740. The summed E-state index contributed by atoms with van der Waals surface area (Å²) in [6.07, 6.45) is 1.27. The zero-order valence-electron chi connectivity index (χ0n) is 12.1. The molecule has 0 unspecified atom stereocenters. The van der Waals surface area contributed by atoms with Crippen LogP contribution in [-0.2, 0) is 4.79 Å². The van der Waals surface area contributed by atoms with Crippen LogP contribution in [-0.4, -0.2) is 15.9 Å². The third-order valence-electron chi connectivity index (χ3n) is 3.09. The average Bonchev–Trinajstić information content (AvgIpc) is 3.21. The second kappa shape index (κ2) is 6.81. The first-order chi connectivity index (χ1) is 10.8. The summed E-state index contributed by atoms with van der Waals surface area (Å²) in [5, 5.41) is 10.9. The van der Waals surface area contributed by atoms with Crippen LogP contribution >= 0.6 is 22.7 Å². The third kappa shape index (κ3) is 3.40. The average molecular weight is 329 g/mol. The van der Waals surface area contributed by atoms with E-state index in [2.05, 4.69) is 15.3 Å². The van der Waals surface area contributed by atoms with Crippen LogP contribution in [0, 0.1) is 0 Å². The predicted octanol–water partition coefficient (Wildman–Crippen LogP) is 4.67. The lowest BCUT2D eigenvalue weighted by atomic mass is 10.1. The minimum atomic E-state index is -0.0544. The molecule has 0 fully saturated rings. The lowest BCUT2D eigenvalue weighted by Gasteiger charge is -2.07. The molecule has 4 nitrogen and oxygen atoms in total. The number of anilines is 1. The van der Waals surface area contributed by atoms with Crippen molar-refractivity contribution in [3.8, 4) is 22.5 Å². The van der Waals surface area contributed by atoms with Gasteiger partial charge in [-0.1, -0.05) is 6.92 Å². The van der Waals surface area contributed by atoms with Crippen LogP contribution in [0.3, 0.4) is 0 Å². The topological polar surface area (TPSA) is 54.9 Å². The Labute approximate surface area is 136 Å². The maximum atomic E-state index is 11.8. The Kier molecular flexibility index (Phi) is 4.60. The second-order valence-electron chi connectivity index (χ2n) is 4.78. The highest BCUT2D eigenvalue weighted by Gasteiger charge is 2.11. The van der Waals surface area contributed by atoms with Gasteiger partial charge in [-0.3, -0.25) is 10.1 Å². The van der Waals surface area contributed by atoms with Gasteiger partial charge < -0.3 is 0 Å². The highest BCUT2D eigenvalue weighted by molar-refractivity contribution is 7.08. The summed E-state index contributed by atoms with van der Waals surface area (Å²) in [4.78, 5) is 20.8. The molecule has 0 aromatic carbocycles. The molecular formula is C16H15N3OS2. The van der Waals surface area contributed by atoms with Gasteiger partial charge >= 0.3 is 0 Å². The minimum absolute atomic E-state index is 0.0544. The maximum absolute atomic E-state index is 11.8. The summed E-state index contributed by atoms with van der Waals surface area (Å²) in [6.45, 7) is 1.97. The lowest BCUT2D eigenvalue weighted by molar-refractivity contribution is -0.116. The molecule has 0 spiro atoms. The van der Waals surface area contributed by atoms with Gasteiger partial charge in [-0.2, -0.15) is 22.7 Å². The predicted molar refractivity (Wildman–Crippen MR) is 92.2 cm³/mol. The molecule has 3 heterocycles. The molecule has 1 N–H and O–H groups in total. The minimum Gasteiger partial charge on any atom is -0.294 e. The Morgan fingerprint density at radius 2 is 1.68 bits per heavy atom. The van der Waals surface area contributed by atoms with Gasteiger partial charge in [-0.25, -0.2) is 9.97 Å². The standard InChI is InChI=1S/C16H15N3OS2/c1-2-3-15(20)19-16-17-13(11-4-6-21-9-11)8-14(18-16)12-5-7-22-10-12/h4-10H,2-3H2,1H3,(H,17,18,19,20). The second-order valence-corrected chi connectivity index (χ2v) is 6.34. The summed E-state index contributed by atoms with van der Waals surface area (Å²) in [7, 11) is 0. The fourth-order valence-corrected chi connectivity index (χ4v) is 3.33. The van der Waals surface area contributed by atoms with Crippen LogP contribution in [0.1, 0.15) is 19.8 Å². The number of hydrogen-bond donors (Lipinski definition) is 1. The van der Waals surface area contributed by atoms with Crippen molar-refractivity contribution in [1.82, 2.24) is 9.97 Å². The van der Waals surface area contributed by atoms with Crippen LogP contribution in [0.2, 0.25) is 0 Å². The number of hydrogen-bond acceptors (Lipinski definition) is 5. The highest BCUT2D eigenvalue weighted by Crippen LogP contribution is 2.27. The highest BCUT2D eigenvalue weighted by atomic mass is 32.1.